The highest BCUT2D eigenvalue weighted by Gasteiger charge is 2.09. The van der Waals surface area contributed by atoms with Crippen molar-refractivity contribution in [3.05, 3.63) is 41.0 Å². The zero-order valence-electron chi connectivity index (χ0n) is 14.4. The summed E-state index contributed by atoms with van der Waals surface area (Å²) >= 11 is 1.55. The zero-order chi connectivity index (χ0) is 18.3. The summed E-state index contributed by atoms with van der Waals surface area (Å²) in [5.41, 5.74) is 13.7. The Hall–Kier alpha value is -2.19. The fraction of sp³-hybridized carbons (Fsp3) is 0.333. The summed E-state index contributed by atoms with van der Waals surface area (Å²) in [6.45, 7) is 7.95. The van der Waals surface area contributed by atoms with Crippen LogP contribution in [-0.4, -0.2) is 18.1 Å². The fourth-order valence-corrected chi connectivity index (χ4v) is 2.63. The van der Waals surface area contributed by atoms with Crippen molar-refractivity contribution in [2.75, 3.05) is 5.88 Å². The molecular weight excluding hydrogens is 306 g/mol. The Balaban J connectivity index is 0. The lowest BCUT2D eigenvalue weighted by Crippen LogP contribution is -2.10. The van der Waals surface area contributed by atoms with Crippen LogP contribution in [-0.2, 0) is 4.79 Å². The molecule has 0 spiro atoms. The summed E-state index contributed by atoms with van der Waals surface area (Å²) in [6.07, 6.45) is 9.53. The SMILES string of the molecule is C#C.C/C(CC(N)=O)=C(/SC/N=C/N)c1cccc(C)c1.CC. The fourth-order valence-electron chi connectivity index (χ4n) is 1.73. The van der Waals surface area contributed by atoms with Crippen LogP contribution in [0.15, 0.2) is 34.8 Å². The lowest BCUT2D eigenvalue weighted by atomic mass is 10.1. The number of carbonyl (C=O) groups is 1. The van der Waals surface area contributed by atoms with E-state index in [0.29, 0.717) is 5.88 Å². The number of terminal acetylenes is 1. The molecule has 1 aromatic carbocycles. The van der Waals surface area contributed by atoms with Crippen LogP contribution < -0.4 is 11.5 Å². The number of amides is 1. The van der Waals surface area contributed by atoms with E-state index in [9.17, 15) is 4.79 Å². The molecule has 4 N–H and O–H groups in total. The van der Waals surface area contributed by atoms with Gasteiger partial charge in [0.05, 0.1) is 12.2 Å². The first kappa shape index (κ1) is 23.1. The van der Waals surface area contributed by atoms with Crippen LogP contribution in [0.2, 0.25) is 0 Å². The van der Waals surface area contributed by atoms with Gasteiger partial charge in [-0.15, -0.1) is 24.6 Å². The van der Waals surface area contributed by atoms with Crippen LogP contribution >= 0.6 is 11.8 Å². The quantitative estimate of drug-likeness (QED) is 0.474. The lowest BCUT2D eigenvalue weighted by Gasteiger charge is -2.11. The number of benzene rings is 1. The molecular formula is C18H27N3OS. The van der Waals surface area contributed by atoms with Gasteiger partial charge in [0, 0.05) is 11.3 Å². The number of nitrogens with two attached hydrogens (primary N) is 2. The second-order valence-corrected chi connectivity index (χ2v) is 5.18. The summed E-state index contributed by atoms with van der Waals surface area (Å²) in [6, 6.07) is 8.13. The Kier molecular flexibility index (Phi) is 14.8. The van der Waals surface area contributed by atoms with Gasteiger partial charge in [0.2, 0.25) is 5.91 Å². The highest BCUT2D eigenvalue weighted by molar-refractivity contribution is 8.08. The van der Waals surface area contributed by atoms with Gasteiger partial charge in [0.25, 0.3) is 0 Å². The van der Waals surface area contributed by atoms with Crippen molar-refractivity contribution in [1.29, 1.82) is 0 Å². The first-order valence-corrected chi connectivity index (χ1v) is 8.24. The predicted molar refractivity (Wildman–Crippen MR) is 104 cm³/mol. The third kappa shape index (κ3) is 10.2. The van der Waals surface area contributed by atoms with E-state index in [1.807, 2.05) is 45.9 Å². The topological polar surface area (TPSA) is 81.5 Å². The molecule has 0 aliphatic heterocycles. The number of hydrogen-bond acceptors (Lipinski definition) is 3. The van der Waals surface area contributed by atoms with E-state index >= 15 is 0 Å². The number of aryl methyl sites for hydroxylation is 1. The van der Waals surface area contributed by atoms with Crippen molar-refractivity contribution in [2.45, 2.75) is 34.1 Å². The summed E-state index contributed by atoms with van der Waals surface area (Å²) in [4.78, 5) is 16.1. The molecule has 0 aliphatic carbocycles. The average Bonchev–Trinajstić information content (AvgIpc) is 2.54. The normalized spacial score (nSPS) is 10.7. The van der Waals surface area contributed by atoms with Crippen LogP contribution in [0.3, 0.4) is 0 Å². The summed E-state index contributed by atoms with van der Waals surface area (Å²) in [5.74, 6) is 0.196. The smallest absolute Gasteiger partial charge is 0.221 e. The van der Waals surface area contributed by atoms with Gasteiger partial charge in [-0.2, -0.15) is 0 Å². The first-order valence-electron chi connectivity index (χ1n) is 7.26. The van der Waals surface area contributed by atoms with E-state index in [-0.39, 0.29) is 12.3 Å². The molecule has 0 aromatic heterocycles. The molecule has 0 unspecified atom stereocenters. The molecule has 0 bridgehead atoms. The van der Waals surface area contributed by atoms with E-state index in [1.54, 1.807) is 11.8 Å². The third-order valence-electron chi connectivity index (χ3n) is 2.50. The Bertz CT molecular complexity index is 548. The average molecular weight is 334 g/mol. The van der Waals surface area contributed by atoms with E-state index in [0.717, 1.165) is 16.0 Å². The second-order valence-electron chi connectivity index (χ2n) is 4.23. The molecule has 1 rings (SSSR count). The second kappa shape index (κ2) is 14.7. The van der Waals surface area contributed by atoms with E-state index < -0.39 is 0 Å². The number of primary amides is 1. The molecule has 0 fully saturated rings. The lowest BCUT2D eigenvalue weighted by molar-refractivity contribution is -0.117. The van der Waals surface area contributed by atoms with Crippen LogP contribution in [0.1, 0.15) is 38.3 Å². The minimum atomic E-state index is -0.328. The molecule has 4 nitrogen and oxygen atoms in total. The Morgan fingerprint density at radius 2 is 1.96 bits per heavy atom. The monoisotopic (exact) mass is 333 g/mol. The van der Waals surface area contributed by atoms with Crippen LogP contribution in [0.25, 0.3) is 4.91 Å². The maximum absolute atomic E-state index is 11.1. The molecule has 5 heteroatoms. The zero-order valence-corrected chi connectivity index (χ0v) is 15.2. The molecule has 0 heterocycles. The van der Waals surface area contributed by atoms with Gasteiger partial charge in [0.15, 0.2) is 0 Å². The highest BCUT2D eigenvalue weighted by Crippen LogP contribution is 2.32. The number of aliphatic imine (C=N–C) groups is 1. The van der Waals surface area contributed by atoms with Crippen LogP contribution in [0.4, 0.5) is 0 Å². The van der Waals surface area contributed by atoms with Crippen LogP contribution in [0, 0.1) is 19.8 Å². The van der Waals surface area contributed by atoms with Crippen molar-refractivity contribution in [2.24, 2.45) is 16.5 Å². The molecule has 0 radical (unpaired) electrons. The number of carbonyl (C=O) groups excluding carboxylic acids is 1. The molecule has 0 saturated carbocycles. The molecule has 0 aliphatic rings. The molecule has 0 saturated heterocycles. The minimum absolute atomic E-state index is 0.253. The van der Waals surface area contributed by atoms with Gasteiger partial charge in [-0.1, -0.05) is 43.7 Å². The summed E-state index contributed by atoms with van der Waals surface area (Å²) < 4.78 is 0. The minimum Gasteiger partial charge on any atom is -0.390 e. The van der Waals surface area contributed by atoms with E-state index in [1.165, 1.54) is 11.9 Å². The third-order valence-corrected chi connectivity index (χ3v) is 3.65. The van der Waals surface area contributed by atoms with Gasteiger partial charge >= 0.3 is 0 Å². The highest BCUT2D eigenvalue weighted by atomic mass is 32.2. The summed E-state index contributed by atoms with van der Waals surface area (Å²) in [5, 5.41) is 0. The predicted octanol–water partition coefficient (Wildman–Crippen LogP) is 3.55. The van der Waals surface area contributed by atoms with Gasteiger partial charge in [-0.05, 0) is 25.0 Å². The van der Waals surface area contributed by atoms with Crippen LogP contribution in [0.5, 0.6) is 0 Å². The number of thioether (sulfide) groups is 1. The summed E-state index contributed by atoms with van der Waals surface area (Å²) in [7, 11) is 0. The van der Waals surface area contributed by atoms with Crippen molar-refractivity contribution in [3.63, 3.8) is 0 Å². The molecule has 126 valence electrons. The van der Waals surface area contributed by atoms with Gasteiger partial charge in [-0.25, -0.2) is 0 Å². The molecule has 23 heavy (non-hydrogen) atoms. The molecule has 1 amide bonds. The Labute approximate surface area is 144 Å². The number of rotatable bonds is 6. The Morgan fingerprint density at radius 3 is 2.43 bits per heavy atom. The van der Waals surface area contributed by atoms with Crippen molar-refractivity contribution in [1.82, 2.24) is 0 Å². The molecule has 1 aromatic rings. The standard InChI is InChI=1S/C14H19N3OS.C2H6.C2H2/c1-10-4-3-5-12(6-10)14(19-9-17-8-15)11(2)7-13(16)18;2*1-2/h3-6,8H,7,9H2,1-2H3,(H2,15,17)(H2,16,18);1-2H3;1-2H/b14-11-;;. The largest absolute Gasteiger partial charge is 0.390 e. The molecule has 0 atom stereocenters. The van der Waals surface area contributed by atoms with E-state index in [2.05, 4.69) is 23.9 Å². The maximum atomic E-state index is 11.1. The van der Waals surface area contributed by atoms with Gasteiger partial charge in [0.1, 0.15) is 0 Å². The van der Waals surface area contributed by atoms with Crippen molar-refractivity contribution < 1.29 is 4.79 Å². The Morgan fingerprint density at radius 1 is 1.35 bits per heavy atom. The van der Waals surface area contributed by atoms with Gasteiger partial charge < -0.3 is 11.5 Å². The maximum Gasteiger partial charge on any atom is 0.221 e. The first-order chi connectivity index (χ1) is 11.0. The van der Waals surface area contributed by atoms with Gasteiger partial charge in [-0.3, -0.25) is 9.79 Å². The van der Waals surface area contributed by atoms with E-state index in [4.69, 9.17) is 11.5 Å². The van der Waals surface area contributed by atoms with Crippen molar-refractivity contribution >= 4 is 28.9 Å². The number of nitrogens with zero attached hydrogens (tertiary/aromatic N) is 1. The van der Waals surface area contributed by atoms with Crippen molar-refractivity contribution in [3.8, 4) is 12.8 Å². The number of hydrogen-bond donors (Lipinski definition) is 2.